The first-order valence-corrected chi connectivity index (χ1v) is 9.57. The van der Waals surface area contributed by atoms with E-state index >= 15 is 0 Å². The highest BCUT2D eigenvalue weighted by Crippen LogP contribution is 2.32. The first-order valence-electron chi connectivity index (χ1n) is 9.19. The molecule has 3 saturated heterocycles. The largest absolute Gasteiger partial charge is 0.509 e. The van der Waals surface area contributed by atoms with E-state index in [-0.39, 0.29) is 6.10 Å². The fraction of sp³-hybridized carbons (Fsp3) is 0.381. The molecule has 2 bridgehead atoms. The van der Waals surface area contributed by atoms with E-state index in [1.54, 1.807) is 36.4 Å². The van der Waals surface area contributed by atoms with Gasteiger partial charge in [0.25, 0.3) is 0 Å². The second-order valence-corrected chi connectivity index (χ2v) is 7.59. The number of ether oxygens (including phenoxy) is 2. The van der Waals surface area contributed by atoms with E-state index in [1.165, 1.54) is 12.1 Å². The number of benzene rings is 2. The van der Waals surface area contributed by atoms with E-state index in [9.17, 15) is 9.18 Å². The number of hydrogen-bond acceptors (Lipinski definition) is 4. The average molecular weight is 390 g/mol. The number of halogens is 2. The number of carbonyl (C=O) groups is 1. The SMILES string of the molecule is O=C(OC(c1cccc(F)c1)c1cccc(Cl)c1)OC1CN2CCC1CC2. The van der Waals surface area contributed by atoms with Crippen LogP contribution in [0.5, 0.6) is 0 Å². The highest BCUT2D eigenvalue weighted by molar-refractivity contribution is 6.30. The summed E-state index contributed by atoms with van der Waals surface area (Å²) in [6.07, 6.45) is 0.419. The molecule has 0 spiro atoms. The smallest absolute Gasteiger partial charge is 0.429 e. The summed E-state index contributed by atoms with van der Waals surface area (Å²) < 4.78 is 25.0. The Bertz CT molecular complexity index is 777. The van der Waals surface area contributed by atoms with Gasteiger partial charge in [-0.15, -0.1) is 0 Å². The predicted molar refractivity (Wildman–Crippen MR) is 100 cm³/mol. The van der Waals surface area contributed by atoms with E-state index in [2.05, 4.69) is 4.90 Å². The molecule has 2 unspecified atom stereocenters. The zero-order valence-electron chi connectivity index (χ0n) is 14.8. The Balaban J connectivity index is 1.53. The summed E-state index contributed by atoms with van der Waals surface area (Å²) in [4.78, 5) is 14.8. The van der Waals surface area contributed by atoms with Crippen molar-refractivity contribution in [2.45, 2.75) is 25.0 Å². The van der Waals surface area contributed by atoms with Crippen LogP contribution in [-0.4, -0.2) is 36.8 Å². The van der Waals surface area contributed by atoms with Crippen molar-refractivity contribution in [3.63, 3.8) is 0 Å². The summed E-state index contributed by atoms with van der Waals surface area (Å²) in [5.41, 5.74) is 1.20. The first kappa shape index (κ1) is 18.3. The summed E-state index contributed by atoms with van der Waals surface area (Å²) in [5.74, 6) is -0.00442. The van der Waals surface area contributed by atoms with Gasteiger partial charge >= 0.3 is 6.16 Å². The van der Waals surface area contributed by atoms with Crippen molar-refractivity contribution in [1.82, 2.24) is 4.90 Å². The van der Waals surface area contributed by atoms with Crippen molar-refractivity contribution in [2.24, 2.45) is 5.92 Å². The molecule has 0 aromatic heterocycles. The maximum absolute atomic E-state index is 13.7. The lowest BCUT2D eigenvalue weighted by atomic mass is 9.86. The molecule has 0 saturated carbocycles. The van der Waals surface area contributed by atoms with Crippen molar-refractivity contribution in [3.8, 4) is 0 Å². The fourth-order valence-corrected chi connectivity index (χ4v) is 4.16. The molecule has 3 heterocycles. The minimum atomic E-state index is -0.784. The maximum Gasteiger partial charge on any atom is 0.509 e. The van der Waals surface area contributed by atoms with Crippen molar-refractivity contribution < 1.29 is 18.7 Å². The molecule has 6 heteroatoms. The Morgan fingerprint density at radius 3 is 2.44 bits per heavy atom. The number of fused-ring (bicyclic) bond motifs is 3. The highest BCUT2D eigenvalue weighted by atomic mass is 35.5. The van der Waals surface area contributed by atoms with Gasteiger partial charge in [-0.05, 0) is 61.7 Å². The molecule has 3 aliphatic rings. The molecular weight excluding hydrogens is 369 g/mol. The van der Waals surface area contributed by atoms with Crippen LogP contribution < -0.4 is 0 Å². The molecule has 3 aliphatic heterocycles. The summed E-state index contributed by atoms with van der Waals surface area (Å²) in [7, 11) is 0. The first-order chi connectivity index (χ1) is 13.1. The molecule has 2 atom stereocenters. The van der Waals surface area contributed by atoms with Gasteiger partial charge in [-0.3, -0.25) is 4.90 Å². The van der Waals surface area contributed by atoms with Crippen molar-refractivity contribution in [2.75, 3.05) is 19.6 Å². The third kappa shape index (κ3) is 4.25. The highest BCUT2D eigenvalue weighted by Gasteiger charge is 2.37. The quantitative estimate of drug-likeness (QED) is 0.703. The summed E-state index contributed by atoms with van der Waals surface area (Å²) in [5, 5.41) is 0.517. The Kier molecular flexibility index (Phi) is 5.32. The van der Waals surface area contributed by atoms with Gasteiger partial charge in [-0.25, -0.2) is 9.18 Å². The standard InChI is InChI=1S/C21H21ClFNO3/c22-17-5-1-3-15(11-17)20(16-4-2-6-18(23)12-16)27-21(25)26-19-13-24-9-7-14(19)8-10-24/h1-6,11-12,14,19-20H,7-10,13H2. The molecule has 2 aromatic rings. The molecule has 2 aromatic carbocycles. The van der Waals surface area contributed by atoms with Gasteiger partial charge in [0.15, 0.2) is 6.10 Å². The Morgan fingerprint density at radius 2 is 1.81 bits per heavy atom. The van der Waals surface area contributed by atoms with Gasteiger partial charge in [0.05, 0.1) is 0 Å². The predicted octanol–water partition coefficient (Wildman–Crippen LogP) is 4.82. The topological polar surface area (TPSA) is 38.8 Å². The minimum Gasteiger partial charge on any atom is -0.429 e. The van der Waals surface area contributed by atoms with Crippen LogP contribution in [0.2, 0.25) is 5.02 Å². The molecule has 0 amide bonds. The molecule has 3 fully saturated rings. The van der Waals surface area contributed by atoms with Crippen molar-refractivity contribution in [1.29, 1.82) is 0 Å². The maximum atomic E-state index is 13.7. The van der Waals surface area contributed by atoms with E-state index in [0.29, 0.717) is 22.1 Å². The lowest BCUT2D eigenvalue weighted by Gasteiger charge is -2.43. The zero-order chi connectivity index (χ0) is 18.8. The number of nitrogens with zero attached hydrogens (tertiary/aromatic N) is 1. The van der Waals surface area contributed by atoms with Crippen molar-refractivity contribution >= 4 is 17.8 Å². The Hall–Kier alpha value is -2.11. The molecule has 0 aliphatic carbocycles. The molecule has 142 valence electrons. The van der Waals surface area contributed by atoms with Crippen LogP contribution in [0.4, 0.5) is 9.18 Å². The molecular formula is C21H21ClFNO3. The van der Waals surface area contributed by atoms with Gasteiger partial charge in [-0.1, -0.05) is 35.9 Å². The summed E-state index contributed by atoms with van der Waals surface area (Å²) >= 11 is 6.09. The monoisotopic (exact) mass is 389 g/mol. The van der Waals surface area contributed by atoms with Gasteiger partial charge in [0, 0.05) is 17.1 Å². The lowest BCUT2D eigenvalue weighted by molar-refractivity contribution is -0.0642. The van der Waals surface area contributed by atoms with Crippen LogP contribution in [0.3, 0.4) is 0 Å². The summed E-state index contributed by atoms with van der Waals surface area (Å²) in [6, 6.07) is 13.0. The average Bonchev–Trinajstić information content (AvgIpc) is 2.67. The van der Waals surface area contributed by atoms with Gasteiger partial charge in [0.1, 0.15) is 11.9 Å². The normalized spacial score (nSPS) is 25.0. The van der Waals surface area contributed by atoms with Crippen LogP contribution in [0.1, 0.15) is 30.1 Å². The lowest BCUT2D eigenvalue weighted by Crippen LogP contribution is -2.52. The molecule has 0 N–H and O–H groups in total. The van der Waals surface area contributed by atoms with Crippen molar-refractivity contribution in [3.05, 3.63) is 70.5 Å². The number of rotatable bonds is 4. The molecule has 27 heavy (non-hydrogen) atoms. The number of piperidine rings is 3. The third-order valence-corrected chi connectivity index (χ3v) is 5.60. The van der Waals surface area contributed by atoms with E-state index in [4.69, 9.17) is 21.1 Å². The second kappa shape index (κ2) is 7.87. The van der Waals surface area contributed by atoms with Gasteiger partial charge in [-0.2, -0.15) is 0 Å². The zero-order valence-corrected chi connectivity index (χ0v) is 15.6. The van der Waals surface area contributed by atoms with Crippen LogP contribution in [0, 0.1) is 11.7 Å². The summed E-state index contributed by atoms with van der Waals surface area (Å²) in [6.45, 7) is 2.88. The molecule has 0 radical (unpaired) electrons. The third-order valence-electron chi connectivity index (χ3n) is 5.36. The van der Waals surface area contributed by atoms with Gasteiger partial charge in [0.2, 0.25) is 0 Å². The van der Waals surface area contributed by atoms with Crippen LogP contribution >= 0.6 is 11.6 Å². The van der Waals surface area contributed by atoms with E-state index in [0.717, 1.165) is 32.5 Å². The fourth-order valence-electron chi connectivity index (χ4n) is 3.96. The number of carbonyl (C=O) groups excluding carboxylic acids is 1. The second-order valence-electron chi connectivity index (χ2n) is 7.15. The van der Waals surface area contributed by atoms with Crippen LogP contribution in [0.25, 0.3) is 0 Å². The van der Waals surface area contributed by atoms with Crippen LogP contribution in [0.15, 0.2) is 48.5 Å². The number of hydrogen-bond donors (Lipinski definition) is 0. The molecule has 5 rings (SSSR count). The van der Waals surface area contributed by atoms with Gasteiger partial charge < -0.3 is 9.47 Å². The minimum absolute atomic E-state index is 0.146. The Labute approximate surface area is 162 Å². The Morgan fingerprint density at radius 1 is 1.11 bits per heavy atom. The van der Waals surface area contributed by atoms with E-state index in [1.807, 2.05) is 0 Å². The van der Waals surface area contributed by atoms with Crippen LogP contribution in [-0.2, 0) is 9.47 Å². The van der Waals surface area contributed by atoms with E-state index < -0.39 is 18.1 Å². The molecule has 4 nitrogen and oxygen atoms in total.